The van der Waals surface area contributed by atoms with Gasteiger partial charge in [0.2, 0.25) is 0 Å². The van der Waals surface area contributed by atoms with Crippen LogP contribution in [0.4, 0.5) is 11.5 Å². The summed E-state index contributed by atoms with van der Waals surface area (Å²) in [6.07, 6.45) is 1.68. The van der Waals surface area contributed by atoms with Gasteiger partial charge in [-0.25, -0.2) is 4.98 Å². The fourth-order valence-electron chi connectivity index (χ4n) is 1.88. The summed E-state index contributed by atoms with van der Waals surface area (Å²) in [5.74, 6) is 0.891. The molecule has 3 heteroatoms. The predicted octanol–water partition coefficient (Wildman–Crippen LogP) is 3.20. The number of rotatable bonds is 3. The van der Waals surface area contributed by atoms with Gasteiger partial charge >= 0.3 is 0 Å². The second-order valence-corrected chi connectivity index (χ2v) is 4.71. The van der Waals surface area contributed by atoms with Crippen molar-refractivity contribution in [1.29, 1.82) is 0 Å². The zero-order chi connectivity index (χ0) is 13.1. The molecule has 0 bridgehead atoms. The summed E-state index contributed by atoms with van der Waals surface area (Å²) in [6, 6.07) is 8.42. The van der Waals surface area contributed by atoms with E-state index >= 15 is 0 Å². The topological polar surface area (TPSA) is 50.9 Å². The summed E-state index contributed by atoms with van der Waals surface area (Å²) in [7, 11) is 0. The Labute approximate surface area is 108 Å². The molecule has 2 rings (SSSR count). The van der Waals surface area contributed by atoms with E-state index in [0.717, 1.165) is 17.9 Å². The lowest BCUT2D eigenvalue weighted by Crippen LogP contribution is -2.04. The highest BCUT2D eigenvalue weighted by molar-refractivity contribution is 5.51. The molecule has 1 heterocycles. The zero-order valence-corrected chi connectivity index (χ0v) is 11.1. The fourth-order valence-corrected chi connectivity index (χ4v) is 1.88. The van der Waals surface area contributed by atoms with Crippen LogP contribution in [0, 0.1) is 20.8 Å². The van der Waals surface area contributed by atoms with E-state index in [-0.39, 0.29) is 0 Å². The van der Waals surface area contributed by atoms with E-state index in [1.165, 1.54) is 16.7 Å². The molecule has 1 aromatic heterocycles. The summed E-state index contributed by atoms with van der Waals surface area (Å²) in [4.78, 5) is 4.30. The highest BCUT2D eigenvalue weighted by Crippen LogP contribution is 2.16. The predicted molar refractivity (Wildman–Crippen MR) is 76.6 cm³/mol. The van der Waals surface area contributed by atoms with Crippen LogP contribution in [0.1, 0.15) is 22.3 Å². The second kappa shape index (κ2) is 5.08. The lowest BCUT2D eigenvalue weighted by Gasteiger charge is -2.10. The zero-order valence-electron chi connectivity index (χ0n) is 11.1. The van der Waals surface area contributed by atoms with Crippen molar-refractivity contribution in [3.8, 4) is 0 Å². The first-order valence-electron chi connectivity index (χ1n) is 6.08. The van der Waals surface area contributed by atoms with Crippen molar-refractivity contribution < 1.29 is 0 Å². The van der Waals surface area contributed by atoms with Gasteiger partial charge in [0, 0.05) is 6.54 Å². The number of hydrogen-bond donors (Lipinski definition) is 2. The lowest BCUT2D eigenvalue weighted by atomic mass is 10.1. The van der Waals surface area contributed by atoms with Crippen molar-refractivity contribution in [3.05, 3.63) is 52.7 Å². The van der Waals surface area contributed by atoms with Crippen LogP contribution in [-0.2, 0) is 6.54 Å². The number of nitrogens with one attached hydrogen (secondary N) is 1. The van der Waals surface area contributed by atoms with Crippen molar-refractivity contribution in [3.63, 3.8) is 0 Å². The molecule has 0 spiro atoms. The van der Waals surface area contributed by atoms with Gasteiger partial charge in [-0.2, -0.15) is 0 Å². The number of anilines is 2. The van der Waals surface area contributed by atoms with E-state index in [0.29, 0.717) is 5.69 Å². The summed E-state index contributed by atoms with van der Waals surface area (Å²) < 4.78 is 0. The first kappa shape index (κ1) is 12.4. The van der Waals surface area contributed by atoms with E-state index in [9.17, 15) is 0 Å². The summed E-state index contributed by atoms with van der Waals surface area (Å²) >= 11 is 0. The molecule has 18 heavy (non-hydrogen) atoms. The molecular weight excluding hydrogens is 222 g/mol. The number of pyridine rings is 1. The quantitative estimate of drug-likeness (QED) is 0.867. The molecule has 94 valence electrons. The van der Waals surface area contributed by atoms with Crippen LogP contribution in [0.25, 0.3) is 0 Å². The summed E-state index contributed by atoms with van der Waals surface area (Å²) in [6.45, 7) is 7.04. The Bertz CT molecular complexity index is 562. The lowest BCUT2D eigenvalue weighted by molar-refractivity contribution is 1.09. The fraction of sp³-hybridized carbons (Fsp3) is 0.267. The van der Waals surface area contributed by atoms with E-state index in [2.05, 4.69) is 42.3 Å². The number of aromatic nitrogens is 1. The molecule has 3 nitrogen and oxygen atoms in total. The first-order valence-corrected chi connectivity index (χ1v) is 6.08. The normalized spacial score (nSPS) is 10.4. The average Bonchev–Trinajstić information content (AvgIpc) is 2.32. The first-order chi connectivity index (χ1) is 8.56. The molecule has 0 saturated carbocycles. The molecule has 0 aliphatic rings. The maximum atomic E-state index is 5.68. The average molecular weight is 241 g/mol. The van der Waals surface area contributed by atoms with E-state index in [1.807, 2.05) is 13.0 Å². The van der Waals surface area contributed by atoms with E-state index < -0.39 is 0 Å². The molecule has 0 atom stereocenters. The van der Waals surface area contributed by atoms with Crippen molar-refractivity contribution in [2.24, 2.45) is 0 Å². The smallest absolute Gasteiger partial charge is 0.129 e. The SMILES string of the molecule is Cc1ccc(CNc2ncc(N)cc2C)cc1C. The van der Waals surface area contributed by atoms with Gasteiger partial charge in [0.1, 0.15) is 5.82 Å². The van der Waals surface area contributed by atoms with Gasteiger partial charge in [-0.3, -0.25) is 0 Å². The Kier molecular flexibility index (Phi) is 3.51. The van der Waals surface area contributed by atoms with Gasteiger partial charge in [-0.15, -0.1) is 0 Å². The number of aryl methyl sites for hydroxylation is 3. The Hall–Kier alpha value is -2.03. The van der Waals surface area contributed by atoms with Crippen LogP contribution < -0.4 is 11.1 Å². The molecule has 1 aromatic carbocycles. The minimum absolute atomic E-state index is 0.698. The maximum Gasteiger partial charge on any atom is 0.129 e. The number of hydrogen-bond acceptors (Lipinski definition) is 3. The Morgan fingerprint density at radius 2 is 1.83 bits per heavy atom. The third-order valence-electron chi connectivity index (χ3n) is 3.13. The largest absolute Gasteiger partial charge is 0.397 e. The second-order valence-electron chi connectivity index (χ2n) is 4.71. The molecule has 0 aliphatic carbocycles. The summed E-state index contributed by atoms with van der Waals surface area (Å²) in [5, 5.41) is 3.34. The molecule has 0 fully saturated rings. The molecule has 0 aliphatic heterocycles. The molecule has 3 N–H and O–H groups in total. The van der Waals surface area contributed by atoms with Crippen LogP contribution in [0.3, 0.4) is 0 Å². The summed E-state index contributed by atoms with van der Waals surface area (Å²) in [5.41, 5.74) is 11.3. The molecule has 0 unspecified atom stereocenters. The third-order valence-corrected chi connectivity index (χ3v) is 3.13. The van der Waals surface area contributed by atoms with Gasteiger partial charge in [0.25, 0.3) is 0 Å². The standard InChI is InChI=1S/C15H19N3/c1-10-4-5-13(6-11(10)2)8-17-15-12(3)7-14(16)9-18-15/h4-7,9H,8,16H2,1-3H3,(H,17,18). The van der Waals surface area contributed by atoms with Crippen LogP contribution >= 0.6 is 0 Å². The monoisotopic (exact) mass is 241 g/mol. The van der Waals surface area contributed by atoms with Crippen molar-refractivity contribution >= 4 is 11.5 Å². The Morgan fingerprint density at radius 3 is 2.50 bits per heavy atom. The van der Waals surface area contributed by atoms with Gasteiger partial charge in [0.15, 0.2) is 0 Å². The molecule has 0 radical (unpaired) electrons. The van der Waals surface area contributed by atoms with Crippen molar-refractivity contribution in [2.45, 2.75) is 27.3 Å². The van der Waals surface area contributed by atoms with Gasteiger partial charge in [-0.05, 0) is 49.1 Å². The minimum atomic E-state index is 0.698. The van der Waals surface area contributed by atoms with Crippen LogP contribution in [0.15, 0.2) is 30.5 Å². The van der Waals surface area contributed by atoms with Crippen LogP contribution in [0.5, 0.6) is 0 Å². The number of nitrogens with zero attached hydrogens (tertiary/aromatic N) is 1. The van der Waals surface area contributed by atoms with E-state index in [1.54, 1.807) is 6.20 Å². The molecule has 0 amide bonds. The molecule has 2 aromatic rings. The number of benzene rings is 1. The highest BCUT2D eigenvalue weighted by atomic mass is 15.0. The Balaban J connectivity index is 2.09. The molecular formula is C15H19N3. The van der Waals surface area contributed by atoms with Gasteiger partial charge < -0.3 is 11.1 Å². The van der Waals surface area contributed by atoms with Crippen LogP contribution in [0.2, 0.25) is 0 Å². The van der Waals surface area contributed by atoms with Gasteiger partial charge in [-0.1, -0.05) is 18.2 Å². The highest BCUT2D eigenvalue weighted by Gasteiger charge is 2.01. The Morgan fingerprint density at radius 1 is 1.06 bits per heavy atom. The number of nitrogen functional groups attached to an aromatic ring is 1. The maximum absolute atomic E-state index is 5.68. The van der Waals surface area contributed by atoms with Gasteiger partial charge in [0.05, 0.1) is 11.9 Å². The minimum Gasteiger partial charge on any atom is -0.397 e. The van der Waals surface area contributed by atoms with Crippen molar-refractivity contribution in [2.75, 3.05) is 11.1 Å². The number of nitrogens with two attached hydrogens (primary N) is 1. The third kappa shape index (κ3) is 2.80. The van der Waals surface area contributed by atoms with Crippen LogP contribution in [-0.4, -0.2) is 4.98 Å². The van der Waals surface area contributed by atoms with Crippen molar-refractivity contribution in [1.82, 2.24) is 4.98 Å². The molecule has 0 saturated heterocycles. The van der Waals surface area contributed by atoms with E-state index in [4.69, 9.17) is 5.73 Å².